The van der Waals surface area contributed by atoms with Crippen molar-refractivity contribution >= 4 is 29.0 Å². The fraction of sp³-hybridized carbons (Fsp3) is 0.231. The number of urea groups is 1. The average Bonchev–Trinajstić information content (AvgIpc) is 2.85. The number of anilines is 3. The third-order valence-electron chi connectivity index (χ3n) is 5.64. The van der Waals surface area contributed by atoms with Gasteiger partial charge in [-0.2, -0.15) is 0 Å². The molecule has 3 amide bonds. The molecule has 1 heterocycles. The number of rotatable bonds is 7. The number of carbonyl (C=O) groups excluding carboxylic acids is 2. The molecule has 0 fully saturated rings. The Hall–Kier alpha value is -4.20. The lowest BCUT2D eigenvalue weighted by atomic mass is 9.99. The molecule has 34 heavy (non-hydrogen) atoms. The van der Waals surface area contributed by atoms with Gasteiger partial charge in [0.1, 0.15) is 0 Å². The van der Waals surface area contributed by atoms with E-state index in [0.29, 0.717) is 48.0 Å². The summed E-state index contributed by atoms with van der Waals surface area (Å²) >= 11 is 0. The van der Waals surface area contributed by atoms with Crippen LogP contribution in [-0.4, -0.2) is 33.3 Å². The van der Waals surface area contributed by atoms with Crippen LogP contribution in [0.3, 0.4) is 0 Å². The molecule has 0 aliphatic carbocycles. The summed E-state index contributed by atoms with van der Waals surface area (Å²) in [5.74, 6) is 1.42. The van der Waals surface area contributed by atoms with Crippen LogP contribution >= 0.6 is 0 Å². The normalized spacial score (nSPS) is 12.6. The number of amides is 3. The van der Waals surface area contributed by atoms with Crippen LogP contribution in [0, 0.1) is 0 Å². The Labute approximate surface area is 198 Å². The summed E-state index contributed by atoms with van der Waals surface area (Å²) in [7, 11) is 4.55. The molecule has 4 rings (SSSR count). The molecule has 0 atom stereocenters. The number of hydrogen-bond donors (Lipinski definition) is 2. The van der Waals surface area contributed by atoms with Gasteiger partial charge in [0.15, 0.2) is 11.5 Å². The van der Waals surface area contributed by atoms with Crippen molar-refractivity contribution in [1.29, 1.82) is 0 Å². The summed E-state index contributed by atoms with van der Waals surface area (Å²) in [4.78, 5) is 27.1. The van der Waals surface area contributed by atoms with E-state index in [1.807, 2.05) is 42.5 Å². The van der Waals surface area contributed by atoms with Crippen LogP contribution in [0.15, 0.2) is 60.7 Å². The van der Waals surface area contributed by atoms with E-state index in [-0.39, 0.29) is 5.91 Å². The van der Waals surface area contributed by atoms with Crippen molar-refractivity contribution in [3.05, 3.63) is 71.8 Å². The minimum atomic E-state index is -0.415. The Kier molecular flexibility index (Phi) is 6.87. The molecule has 8 heteroatoms. The summed E-state index contributed by atoms with van der Waals surface area (Å²) in [6.45, 7) is 0.515. The summed E-state index contributed by atoms with van der Waals surface area (Å²) < 4.78 is 16.0. The average molecular weight is 462 g/mol. The second kappa shape index (κ2) is 10.2. The van der Waals surface area contributed by atoms with Crippen LogP contribution in [0.2, 0.25) is 0 Å². The minimum absolute atomic E-state index is 0.0946. The zero-order chi connectivity index (χ0) is 24.1. The molecule has 0 radical (unpaired) electrons. The van der Waals surface area contributed by atoms with Crippen LogP contribution in [0.4, 0.5) is 21.9 Å². The van der Waals surface area contributed by atoms with Crippen molar-refractivity contribution < 1.29 is 23.8 Å². The fourth-order valence-corrected chi connectivity index (χ4v) is 4.02. The van der Waals surface area contributed by atoms with Crippen LogP contribution < -0.4 is 29.7 Å². The van der Waals surface area contributed by atoms with Crippen LogP contribution in [0.5, 0.6) is 17.2 Å². The predicted molar refractivity (Wildman–Crippen MR) is 131 cm³/mol. The number of hydrogen-bond acceptors (Lipinski definition) is 5. The number of methoxy groups -OCH3 is 3. The second-order valence-corrected chi connectivity index (χ2v) is 7.80. The molecule has 1 aliphatic heterocycles. The number of nitrogens with one attached hydrogen (secondary N) is 2. The lowest BCUT2D eigenvalue weighted by Gasteiger charge is -2.30. The fourth-order valence-electron chi connectivity index (χ4n) is 4.02. The maximum absolute atomic E-state index is 12.7. The Morgan fingerprint density at radius 3 is 2.18 bits per heavy atom. The third-order valence-corrected chi connectivity index (χ3v) is 5.64. The molecule has 8 nitrogen and oxygen atoms in total. The standard InChI is InChI=1S/C26H27N3O5/c1-32-22-14-20(15-23(33-2)25(22)34-3)28-26(31)27-19-10-11-21-18(13-19)9-12-24(30)29(21)16-17-7-5-4-6-8-17/h4-8,10-11,13-15H,9,12,16H2,1-3H3,(H2,27,28,31). The monoisotopic (exact) mass is 461 g/mol. The lowest BCUT2D eigenvalue weighted by Crippen LogP contribution is -2.34. The van der Waals surface area contributed by atoms with Crippen molar-refractivity contribution in [2.45, 2.75) is 19.4 Å². The summed E-state index contributed by atoms with van der Waals surface area (Å²) in [6.07, 6.45) is 1.06. The highest BCUT2D eigenvalue weighted by Gasteiger charge is 2.24. The number of fused-ring (bicyclic) bond motifs is 1. The number of carbonyl (C=O) groups is 2. The predicted octanol–water partition coefficient (Wildman–Crippen LogP) is 4.84. The van der Waals surface area contributed by atoms with Gasteiger partial charge < -0.3 is 29.7 Å². The first-order valence-corrected chi connectivity index (χ1v) is 10.9. The van der Waals surface area contributed by atoms with Gasteiger partial charge in [0.25, 0.3) is 0 Å². The molecule has 0 bridgehead atoms. The van der Waals surface area contributed by atoms with Gasteiger partial charge in [-0.1, -0.05) is 30.3 Å². The molecule has 0 saturated carbocycles. The first-order valence-electron chi connectivity index (χ1n) is 10.9. The maximum atomic E-state index is 12.7. The van der Waals surface area contributed by atoms with E-state index in [4.69, 9.17) is 14.2 Å². The molecule has 1 aliphatic rings. The van der Waals surface area contributed by atoms with E-state index >= 15 is 0 Å². The zero-order valence-electron chi connectivity index (χ0n) is 19.4. The second-order valence-electron chi connectivity index (χ2n) is 7.80. The van der Waals surface area contributed by atoms with Gasteiger partial charge >= 0.3 is 6.03 Å². The van der Waals surface area contributed by atoms with E-state index in [2.05, 4.69) is 10.6 Å². The Morgan fingerprint density at radius 1 is 0.853 bits per heavy atom. The quantitative estimate of drug-likeness (QED) is 0.526. The maximum Gasteiger partial charge on any atom is 0.323 e. The highest BCUT2D eigenvalue weighted by Crippen LogP contribution is 2.40. The third kappa shape index (κ3) is 4.91. The Bertz CT molecular complexity index is 1170. The number of benzene rings is 3. The van der Waals surface area contributed by atoms with Crippen molar-refractivity contribution in [1.82, 2.24) is 0 Å². The molecular formula is C26H27N3O5. The highest BCUT2D eigenvalue weighted by atomic mass is 16.5. The van der Waals surface area contributed by atoms with Crippen LogP contribution in [0.1, 0.15) is 17.5 Å². The van der Waals surface area contributed by atoms with Crippen LogP contribution in [-0.2, 0) is 17.8 Å². The van der Waals surface area contributed by atoms with Gasteiger partial charge in [0, 0.05) is 29.9 Å². The zero-order valence-corrected chi connectivity index (χ0v) is 19.4. The van der Waals surface area contributed by atoms with Crippen molar-refractivity contribution in [2.75, 3.05) is 36.9 Å². The minimum Gasteiger partial charge on any atom is -0.493 e. The summed E-state index contributed by atoms with van der Waals surface area (Å²) in [5.41, 5.74) is 4.08. The largest absolute Gasteiger partial charge is 0.493 e. The number of aryl methyl sites for hydroxylation is 1. The SMILES string of the molecule is COc1cc(NC(=O)Nc2ccc3c(c2)CCC(=O)N3Cc2ccccc2)cc(OC)c1OC. The number of ether oxygens (including phenoxy) is 3. The first-order chi connectivity index (χ1) is 16.5. The van der Waals surface area contributed by atoms with E-state index in [1.165, 1.54) is 21.3 Å². The van der Waals surface area contributed by atoms with E-state index in [1.54, 1.807) is 23.1 Å². The molecule has 3 aromatic carbocycles. The van der Waals surface area contributed by atoms with E-state index in [0.717, 1.165) is 16.8 Å². The van der Waals surface area contributed by atoms with Crippen LogP contribution in [0.25, 0.3) is 0 Å². The summed E-state index contributed by atoms with van der Waals surface area (Å²) in [5, 5.41) is 5.64. The smallest absolute Gasteiger partial charge is 0.323 e. The molecule has 0 spiro atoms. The van der Waals surface area contributed by atoms with Gasteiger partial charge in [0.05, 0.1) is 33.6 Å². The van der Waals surface area contributed by atoms with Crippen molar-refractivity contribution in [3.63, 3.8) is 0 Å². The molecule has 0 aromatic heterocycles. The van der Waals surface area contributed by atoms with Gasteiger partial charge in [-0.15, -0.1) is 0 Å². The molecule has 0 unspecified atom stereocenters. The lowest BCUT2D eigenvalue weighted by molar-refractivity contribution is -0.119. The summed E-state index contributed by atoms with van der Waals surface area (Å²) in [6, 6.07) is 18.4. The molecule has 2 N–H and O–H groups in total. The van der Waals surface area contributed by atoms with Crippen molar-refractivity contribution in [3.8, 4) is 17.2 Å². The highest BCUT2D eigenvalue weighted by molar-refractivity contribution is 6.01. The van der Waals surface area contributed by atoms with Crippen molar-refractivity contribution in [2.24, 2.45) is 0 Å². The van der Waals surface area contributed by atoms with Gasteiger partial charge in [-0.05, 0) is 35.7 Å². The molecule has 0 saturated heterocycles. The Balaban J connectivity index is 1.49. The van der Waals surface area contributed by atoms with Gasteiger partial charge in [-0.25, -0.2) is 4.79 Å². The van der Waals surface area contributed by atoms with E-state index < -0.39 is 6.03 Å². The molecule has 176 valence electrons. The number of nitrogens with zero attached hydrogens (tertiary/aromatic N) is 1. The molecule has 3 aromatic rings. The topological polar surface area (TPSA) is 89.1 Å². The van der Waals surface area contributed by atoms with E-state index in [9.17, 15) is 9.59 Å². The van der Waals surface area contributed by atoms with Gasteiger partial charge in [-0.3, -0.25) is 4.79 Å². The van der Waals surface area contributed by atoms with Gasteiger partial charge in [0.2, 0.25) is 11.7 Å². The molecular weight excluding hydrogens is 434 g/mol. The first kappa shape index (κ1) is 23.0. The Morgan fingerprint density at radius 2 is 1.53 bits per heavy atom.